The van der Waals surface area contributed by atoms with Gasteiger partial charge in [-0.15, -0.1) is 0 Å². The lowest BCUT2D eigenvalue weighted by molar-refractivity contribution is -0.127. The fourth-order valence-electron chi connectivity index (χ4n) is 1.92. The van der Waals surface area contributed by atoms with Gasteiger partial charge in [0.2, 0.25) is 11.8 Å². The highest BCUT2D eigenvalue weighted by Gasteiger charge is 2.18. The van der Waals surface area contributed by atoms with Crippen molar-refractivity contribution in [1.82, 2.24) is 5.32 Å². The summed E-state index contributed by atoms with van der Waals surface area (Å²) in [5.41, 5.74) is 5.23. The van der Waals surface area contributed by atoms with Crippen LogP contribution >= 0.6 is 0 Å². The monoisotopic (exact) mass is 309 g/mol. The molecule has 0 saturated heterocycles. The zero-order valence-electron chi connectivity index (χ0n) is 11.9. The van der Waals surface area contributed by atoms with E-state index in [0.29, 0.717) is 31.7 Å². The molecule has 2 amide bonds. The van der Waals surface area contributed by atoms with E-state index in [1.54, 1.807) is 0 Å². The minimum atomic E-state index is -0.866. The molecule has 0 heterocycles. The molecule has 0 fully saturated rings. The van der Waals surface area contributed by atoms with E-state index in [1.165, 1.54) is 6.07 Å². The molecule has 0 saturated carbocycles. The SMILES string of the molecule is N#CCCCC[C@H](NC(=O)Cc1ccc(F)cc1F)C(N)=O. The van der Waals surface area contributed by atoms with E-state index in [9.17, 15) is 18.4 Å². The molecule has 1 rings (SSSR count). The van der Waals surface area contributed by atoms with Crippen LogP contribution in [-0.4, -0.2) is 17.9 Å². The van der Waals surface area contributed by atoms with Crippen LogP contribution in [0.1, 0.15) is 31.2 Å². The van der Waals surface area contributed by atoms with Gasteiger partial charge in [0.15, 0.2) is 0 Å². The van der Waals surface area contributed by atoms with Gasteiger partial charge in [-0.1, -0.05) is 6.07 Å². The molecule has 0 aliphatic heterocycles. The third kappa shape index (κ3) is 5.87. The van der Waals surface area contributed by atoms with Gasteiger partial charge in [0, 0.05) is 12.5 Å². The maximum absolute atomic E-state index is 13.5. The number of primary amides is 1. The van der Waals surface area contributed by atoms with Crippen molar-refractivity contribution < 1.29 is 18.4 Å². The summed E-state index contributed by atoms with van der Waals surface area (Å²) in [4.78, 5) is 23.1. The molecule has 0 bridgehead atoms. The third-order valence-electron chi connectivity index (χ3n) is 3.08. The van der Waals surface area contributed by atoms with Crippen LogP contribution in [0.25, 0.3) is 0 Å². The summed E-state index contributed by atoms with van der Waals surface area (Å²) in [7, 11) is 0. The van der Waals surface area contributed by atoms with Gasteiger partial charge in [-0.25, -0.2) is 8.78 Å². The number of benzene rings is 1. The summed E-state index contributed by atoms with van der Waals surface area (Å²) in [5, 5.41) is 10.8. The Morgan fingerprint density at radius 2 is 2.05 bits per heavy atom. The van der Waals surface area contributed by atoms with Gasteiger partial charge in [0.05, 0.1) is 12.5 Å². The van der Waals surface area contributed by atoms with Crippen LogP contribution in [0.3, 0.4) is 0 Å². The highest BCUT2D eigenvalue weighted by atomic mass is 19.1. The molecular weight excluding hydrogens is 292 g/mol. The Morgan fingerprint density at radius 1 is 1.32 bits per heavy atom. The van der Waals surface area contributed by atoms with Crippen LogP contribution < -0.4 is 11.1 Å². The van der Waals surface area contributed by atoms with Gasteiger partial charge < -0.3 is 11.1 Å². The zero-order valence-corrected chi connectivity index (χ0v) is 11.9. The minimum absolute atomic E-state index is 0.0339. The predicted octanol–water partition coefficient (Wildman–Crippen LogP) is 1.56. The van der Waals surface area contributed by atoms with Gasteiger partial charge >= 0.3 is 0 Å². The van der Waals surface area contributed by atoms with E-state index in [4.69, 9.17) is 11.0 Å². The average Bonchev–Trinajstić information content (AvgIpc) is 2.45. The molecule has 7 heteroatoms. The Bertz CT molecular complexity index is 585. The first-order valence-electron chi connectivity index (χ1n) is 6.83. The number of unbranched alkanes of at least 4 members (excludes halogenated alkanes) is 2. The molecule has 1 aromatic carbocycles. The fraction of sp³-hybridized carbons (Fsp3) is 0.400. The fourth-order valence-corrected chi connectivity index (χ4v) is 1.92. The summed E-state index contributed by atoms with van der Waals surface area (Å²) >= 11 is 0. The van der Waals surface area contributed by atoms with Gasteiger partial charge in [-0.3, -0.25) is 9.59 Å². The third-order valence-corrected chi connectivity index (χ3v) is 3.08. The normalized spacial score (nSPS) is 11.5. The van der Waals surface area contributed by atoms with E-state index < -0.39 is 29.5 Å². The Labute approximate surface area is 127 Å². The van der Waals surface area contributed by atoms with E-state index in [0.717, 1.165) is 6.07 Å². The molecule has 0 aromatic heterocycles. The molecule has 5 nitrogen and oxygen atoms in total. The van der Waals surface area contributed by atoms with Crippen LogP contribution in [0, 0.1) is 23.0 Å². The molecule has 0 aliphatic rings. The molecule has 0 radical (unpaired) electrons. The first kappa shape index (κ1) is 17.6. The van der Waals surface area contributed by atoms with E-state index in [1.807, 2.05) is 6.07 Å². The number of nitrogens with two attached hydrogens (primary N) is 1. The number of nitrogens with one attached hydrogen (secondary N) is 1. The van der Waals surface area contributed by atoms with Crippen LogP contribution in [0.2, 0.25) is 0 Å². The number of amides is 2. The van der Waals surface area contributed by atoms with Crippen LogP contribution in [0.5, 0.6) is 0 Å². The van der Waals surface area contributed by atoms with Crippen molar-refractivity contribution in [1.29, 1.82) is 5.26 Å². The summed E-state index contributed by atoms with van der Waals surface area (Å²) < 4.78 is 26.2. The number of nitriles is 1. The minimum Gasteiger partial charge on any atom is -0.368 e. The second-order valence-corrected chi connectivity index (χ2v) is 4.84. The van der Waals surface area contributed by atoms with Crippen LogP contribution in [-0.2, 0) is 16.0 Å². The quantitative estimate of drug-likeness (QED) is 0.713. The standard InChI is InChI=1S/C15H17F2N3O2/c16-11-6-5-10(12(17)9-11)8-14(21)20-13(15(19)22)4-2-1-3-7-18/h5-6,9,13H,1-4,8H2,(H2,19,22)(H,20,21)/t13-/m0/s1. The Kier molecular flexibility index (Phi) is 6.96. The van der Waals surface area contributed by atoms with Gasteiger partial charge in [0.1, 0.15) is 17.7 Å². The molecule has 1 atom stereocenters. The topological polar surface area (TPSA) is 96.0 Å². The lowest BCUT2D eigenvalue weighted by Crippen LogP contribution is -2.45. The highest BCUT2D eigenvalue weighted by Crippen LogP contribution is 2.10. The molecule has 118 valence electrons. The second-order valence-electron chi connectivity index (χ2n) is 4.84. The Hall–Kier alpha value is -2.49. The van der Waals surface area contributed by atoms with E-state index in [2.05, 4.69) is 5.32 Å². The van der Waals surface area contributed by atoms with Gasteiger partial charge in [-0.05, 0) is 30.9 Å². The maximum Gasteiger partial charge on any atom is 0.239 e. The number of hydrogen-bond donors (Lipinski definition) is 2. The van der Waals surface area contributed by atoms with Gasteiger partial charge in [-0.2, -0.15) is 5.26 Å². The lowest BCUT2D eigenvalue weighted by atomic mass is 10.1. The zero-order chi connectivity index (χ0) is 16.5. The van der Waals surface area contributed by atoms with Crippen molar-refractivity contribution in [2.45, 2.75) is 38.1 Å². The van der Waals surface area contributed by atoms with Crippen molar-refractivity contribution >= 4 is 11.8 Å². The van der Waals surface area contributed by atoms with Crippen molar-refractivity contribution in [3.8, 4) is 6.07 Å². The first-order chi connectivity index (χ1) is 10.4. The number of halogens is 2. The molecule has 0 aliphatic carbocycles. The number of nitrogens with zero attached hydrogens (tertiary/aromatic N) is 1. The lowest BCUT2D eigenvalue weighted by Gasteiger charge is -2.15. The van der Waals surface area contributed by atoms with Crippen LogP contribution in [0.15, 0.2) is 18.2 Å². The average molecular weight is 309 g/mol. The number of hydrogen-bond acceptors (Lipinski definition) is 3. The van der Waals surface area contributed by atoms with E-state index in [-0.39, 0.29) is 12.0 Å². The smallest absolute Gasteiger partial charge is 0.239 e. The second kappa shape index (κ2) is 8.72. The summed E-state index contributed by atoms with van der Waals surface area (Å²) in [6.45, 7) is 0. The number of carbonyl (C=O) groups excluding carboxylic acids is 2. The number of rotatable bonds is 8. The molecule has 3 N–H and O–H groups in total. The maximum atomic E-state index is 13.5. The Balaban J connectivity index is 2.56. The molecular formula is C15H17F2N3O2. The molecule has 0 unspecified atom stereocenters. The molecule has 1 aromatic rings. The molecule has 22 heavy (non-hydrogen) atoms. The van der Waals surface area contributed by atoms with Crippen molar-refractivity contribution in [2.24, 2.45) is 5.73 Å². The predicted molar refractivity (Wildman–Crippen MR) is 75.3 cm³/mol. The first-order valence-corrected chi connectivity index (χ1v) is 6.83. The molecule has 0 spiro atoms. The largest absolute Gasteiger partial charge is 0.368 e. The summed E-state index contributed by atoms with van der Waals surface area (Å²) in [6.07, 6.45) is 1.53. The van der Waals surface area contributed by atoms with Crippen molar-refractivity contribution in [3.63, 3.8) is 0 Å². The van der Waals surface area contributed by atoms with Gasteiger partial charge in [0.25, 0.3) is 0 Å². The van der Waals surface area contributed by atoms with E-state index >= 15 is 0 Å². The van der Waals surface area contributed by atoms with Crippen LogP contribution in [0.4, 0.5) is 8.78 Å². The Morgan fingerprint density at radius 3 is 2.64 bits per heavy atom. The summed E-state index contributed by atoms with van der Waals surface area (Å²) in [5.74, 6) is -2.81. The highest BCUT2D eigenvalue weighted by molar-refractivity contribution is 5.87. The number of carbonyl (C=O) groups is 2. The summed E-state index contributed by atoms with van der Waals surface area (Å²) in [6, 6.07) is 4.04. The van der Waals surface area contributed by atoms with Crippen molar-refractivity contribution in [3.05, 3.63) is 35.4 Å². The van der Waals surface area contributed by atoms with Crippen molar-refractivity contribution in [2.75, 3.05) is 0 Å².